The van der Waals surface area contributed by atoms with E-state index in [0.29, 0.717) is 11.6 Å². The highest BCUT2D eigenvalue weighted by Gasteiger charge is 2.16. The third kappa shape index (κ3) is 2.61. The number of fused-ring (bicyclic) bond motifs is 1. The van der Waals surface area contributed by atoms with Crippen molar-refractivity contribution in [1.29, 1.82) is 0 Å². The second-order valence-corrected chi connectivity index (χ2v) is 5.59. The fraction of sp³-hybridized carbons (Fsp3) is 0.400. The molecule has 0 saturated carbocycles. The molecule has 1 aliphatic rings. The van der Waals surface area contributed by atoms with Gasteiger partial charge in [0.1, 0.15) is 0 Å². The van der Waals surface area contributed by atoms with Crippen molar-refractivity contribution in [3.8, 4) is 0 Å². The second kappa shape index (κ2) is 5.25. The Hall–Kier alpha value is -1.48. The first-order valence-electron chi connectivity index (χ1n) is 6.79. The normalized spacial score (nSPS) is 15.0. The molecule has 19 heavy (non-hydrogen) atoms. The molecule has 3 rings (SSSR count). The summed E-state index contributed by atoms with van der Waals surface area (Å²) in [7, 11) is 0. The molecule has 1 heterocycles. The first kappa shape index (κ1) is 12.5. The lowest BCUT2D eigenvalue weighted by atomic mass is 10.1. The molecule has 1 aromatic carbocycles. The summed E-state index contributed by atoms with van der Waals surface area (Å²) < 4.78 is 1.71. The maximum atomic E-state index is 12.4. The minimum Gasteiger partial charge on any atom is -0.299 e. The molecule has 0 saturated heterocycles. The standard InChI is InChI=1S/C15H17ClN2O/c16-12-6-4-5-11(9-12)10-18-15(19)13-7-2-1-3-8-14(13)17-18/h4-6,9,17H,1-3,7-8,10H2. The van der Waals surface area contributed by atoms with Crippen molar-refractivity contribution in [2.24, 2.45) is 0 Å². The molecule has 0 atom stereocenters. The van der Waals surface area contributed by atoms with Gasteiger partial charge < -0.3 is 0 Å². The number of aromatic amines is 1. The molecule has 0 spiro atoms. The molecule has 1 N–H and O–H groups in total. The molecule has 100 valence electrons. The van der Waals surface area contributed by atoms with Crippen molar-refractivity contribution in [3.63, 3.8) is 0 Å². The number of hydrogen-bond donors (Lipinski definition) is 1. The number of halogens is 1. The van der Waals surface area contributed by atoms with Crippen LogP contribution >= 0.6 is 11.6 Å². The molecule has 1 aromatic heterocycles. The Labute approximate surface area is 117 Å². The lowest BCUT2D eigenvalue weighted by Crippen LogP contribution is -2.19. The zero-order valence-corrected chi connectivity index (χ0v) is 11.5. The Morgan fingerprint density at radius 1 is 1.21 bits per heavy atom. The summed E-state index contributed by atoms with van der Waals surface area (Å²) in [5, 5.41) is 3.98. The molecule has 3 nitrogen and oxygen atoms in total. The quantitative estimate of drug-likeness (QED) is 0.841. The maximum Gasteiger partial charge on any atom is 0.270 e. The molecule has 0 aliphatic heterocycles. The van der Waals surface area contributed by atoms with Crippen LogP contribution in [0.2, 0.25) is 5.02 Å². The SMILES string of the molecule is O=c1c2c([nH]n1Cc1cccc(Cl)c1)CCCCC2. The maximum absolute atomic E-state index is 12.4. The summed E-state index contributed by atoms with van der Waals surface area (Å²) in [6, 6.07) is 7.65. The predicted octanol–water partition coefficient (Wildman–Crippen LogP) is 3.15. The lowest BCUT2D eigenvalue weighted by Gasteiger charge is -2.03. The largest absolute Gasteiger partial charge is 0.299 e. The fourth-order valence-corrected chi connectivity index (χ4v) is 2.96. The van der Waals surface area contributed by atoms with Crippen molar-refractivity contribution in [2.75, 3.05) is 0 Å². The van der Waals surface area contributed by atoms with Gasteiger partial charge in [-0.1, -0.05) is 30.2 Å². The molecular formula is C15H17ClN2O. The Morgan fingerprint density at radius 2 is 2.05 bits per heavy atom. The van der Waals surface area contributed by atoms with E-state index in [1.165, 1.54) is 12.8 Å². The average molecular weight is 277 g/mol. The van der Waals surface area contributed by atoms with Gasteiger partial charge >= 0.3 is 0 Å². The van der Waals surface area contributed by atoms with Crippen LogP contribution in [-0.2, 0) is 19.4 Å². The number of hydrogen-bond acceptors (Lipinski definition) is 1. The van der Waals surface area contributed by atoms with Crippen molar-refractivity contribution in [3.05, 3.63) is 56.5 Å². The molecule has 0 fully saturated rings. The number of aromatic nitrogens is 2. The molecule has 0 amide bonds. The van der Waals surface area contributed by atoms with Gasteiger partial charge in [0.2, 0.25) is 0 Å². The smallest absolute Gasteiger partial charge is 0.270 e. The third-order valence-corrected chi connectivity index (χ3v) is 3.96. The fourth-order valence-electron chi connectivity index (χ4n) is 2.75. The van der Waals surface area contributed by atoms with Gasteiger partial charge in [0.15, 0.2) is 0 Å². The van der Waals surface area contributed by atoms with Crippen LogP contribution in [-0.4, -0.2) is 9.78 Å². The summed E-state index contributed by atoms with van der Waals surface area (Å²) in [5.41, 5.74) is 3.30. The molecule has 0 bridgehead atoms. The van der Waals surface area contributed by atoms with Crippen molar-refractivity contribution >= 4 is 11.6 Å². The van der Waals surface area contributed by atoms with Gasteiger partial charge in [-0.15, -0.1) is 0 Å². The number of aryl methyl sites for hydroxylation is 1. The number of rotatable bonds is 2. The molecule has 2 aromatic rings. The minimum atomic E-state index is 0.136. The number of H-pyrrole nitrogens is 1. The monoisotopic (exact) mass is 276 g/mol. The van der Waals surface area contributed by atoms with Crippen molar-refractivity contribution in [1.82, 2.24) is 9.78 Å². The van der Waals surface area contributed by atoms with E-state index < -0.39 is 0 Å². The Balaban J connectivity index is 1.92. The van der Waals surface area contributed by atoms with Gasteiger partial charge in [-0.05, 0) is 43.4 Å². The lowest BCUT2D eigenvalue weighted by molar-refractivity contribution is 0.630. The highest BCUT2D eigenvalue weighted by molar-refractivity contribution is 6.30. The summed E-state index contributed by atoms with van der Waals surface area (Å²) in [4.78, 5) is 12.4. The Kier molecular flexibility index (Phi) is 3.47. The highest BCUT2D eigenvalue weighted by Crippen LogP contribution is 2.17. The van der Waals surface area contributed by atoms with E-state index in [2.05, 4.69) is 5.10 Å². The summed E-state index contributed by atoms with van der Waals surface area (Å²) in [5.74, 6) is 0. The molecule has 4 heteroatoms. The third-order valence-electron chi connectivity index (χ3n) is 3.72. The topological polar surface area (TPSA) is 37.8 Å². The van der Waals surface area contributed by atoms with Crippen molar-refractivity contribution in [2.45, 2.75) is 38.6 Å². The highest BCUT2D eigenvalue weighted by atomic mass is 35.5. The van der Waals surface area contributed by atoms with Gasteiger partial charge in [-0.2, -0.15) is 0 Å². The number of nitrogens with one attached hydrogen (secondary N) is 1. The van der Waals surface area contributed by atoms with Crippen LogP contribution in [0.1, 0.15) is 36.1 Å². The van der Waals surface area contributed by atoms with Gasteiger partial charge in [-0.25, -0.2) is 4.68 Å². The van der Waals surface area contributed by atoms with Crippen LogP contribution < -0.4 is 5.56 Å². The summed E-state index contributed by atoms with van der Waals surface area (Å²) in [6.45, 7) is 0.562. The number of nitrogens with zero attached hydrogens (tertiary/aromatic N) is 1. The van der Waals surface area contributed by atoms with E-state index >= 15 is 0 Å². The second-order valence-electron chi connectivity index (χ2n) is 5.15. The predicted molar refractivity (Wildman–Crippen MR) is 76.9 cm³/mol. The minimum absolute atomic E-state index is 0.136. The van der Waals surface area contributed by atoms with E-state index in [-0.39, 0.29) is 5.56 Å². The first-order chi connectivity index (χ1) is 9.24. The van der Waals surface area contributed by atoms with E-state index in [1.807, 2.05) is 24.3 Å². The van der Waals surface area contributed by atoms with E-state index in [1.54, 1.807) is 4.68 Å². The average Bonchev–Trinajstić information content (AvgIpc) is 2.58. The summed E-state index contributed by atoms with van der Waals surface area (Å²) >= 11 is 5.98. The van der Waals surface area contributed by atoms with Gasteiger partial charge in [0.05, 0.1) is 6.54 Å². The van der Waals surface area contributed by atoms with Crippen molar-refractivity contribution < 1.29 is 0 Å². The van der Waals surface area contributed by atoms with E-state index in [4.69, 9.17) is 11.6 Å². The van der Waals surface area contributed by atoms with Gasteiger partial charge in [0, 0.05) is 16.3 Å². The van der Waals surface area contributed by atoms with E-state index in [9.17, 15) is 4.79 Å². The van der Waals surface area contributed by atoms with E-state index in [0.717, 1.165) is 36.1 Å². The van der Waals surface area contributed by atoms with Crippen LogP contribution in [0.3, 0.4) is 0 Å². The van der Waals surface area contributed by atoms with Crippen LogP contribution in [0.5, 0.6) is 0 Å². The molecule has 1 aliphatic carbocycles. The van der Waals surface area contributed by atoms with Crippen LogP contribution in [0.15, 0.2) is 29.1 Å². The van der Waals surface area contributed by atoms with Gasteiger partial charge in [-0.3, -0.25) is 9.89 Å². The summed E-state index contributed by atoms with van der Waals surface area (Å²) in [6.07, 6.45) is 5.41. The zero-order chi connectivity index (χ0) is 13.2. The van der Waals surface area contributed by atoms with Crippen LogP contribution in [0.4, 0.5) is 0 Å². The van der Waals surface area contributed by atoms with Crippen LogP contribution in [0.25, 0.3) is 0 Å². The molecular weight excluding hydrogens is 260 g/mol. The van der Waals surface area contributed by atoms with Crippen LogP contribution in [0, 0.1) is 0 Å². The Bertz CT molecular complexity index is 642. The zero-order valence-electron chi connectivity index (χ0n) is 10.8. The number of benzene rings is 1. The first-order valence-corrected chi connectivity index (χ1v) is 7.17. The molecule has 0 unspecified atom stereocenters. The van der Waals surface area contributed by atoms with Gasteiger partial charge in [0.25, 0.3) is 5.56 Å². The molecule has 0 radical (unpaired) electrons. The Morgan fingerprint density at radius 3 is 2.89 bits per heavy atom.